The molecule has 1 N–H and O–H groups in total. The summed E-state index contributed by atoms with van der Waals surface area (Å²) in [6.07, 6.45) is -1.30. The van der Waals surface area contributed by atoms with Crippen LogP contribution < -0.4 is 0 Å². The number of benzene rings is 1. The summed E-state index contributed by atoms with van der Waals surface area (Å²) in [5.41, 5.74) is -1.55. The molecule has 2 fully saturated rings. The van der Waals surface area contributed by atoms with Crippen molar-refractivity contribution in [2.75, 3.05) is 14.2 Å². The number of fused-ring (bicyclic) bond motifs is 4. The van der Waals surface area contributed by atoms with Gasteiger partial charge in [0.1, 0.15) is 11.5 Å². The molecule has 4 rings (SSSR count). The summed E-state index contributed by atoms with van der Waals surface area (Å²) in [6.45, 7) is 3.71. The van der Waals surface area contributed by atoms with Crippen LogP contribution in [-0.4, -0.2) is 43.5 Å². The van der Waals surface area contributed by atoms with Gasteiger partial charge in [-0.2, -0.15) is 0 Å². The molecule has 1 aliphatic heterocycles. The molecule has 0 amide bonds. The molecule has 6 nitrogen and oxygen atoms in total. The van der Waals surface area contributed by atoms with Crippen LogP contribution in [0.1, 0.15) is 31.4 Å². The molecule has 1 saturated carbocycles. The molecule has 0 spiro atoms. The number of rotatable bonds is 2. The number of carbonyl (C=O) groups excluding carboxylic acids is 2. The smallest absolute Gasteiger partial charge is 0.343 e. The van der Waals surface area contributed by atoms with Crippen LogP contribution in [0.15, 0.2) is 24.3 Å². The number of hydrogen-bond donors (Lipinski definition) is 1. The lowest BCUT2D eigenvalue weighted by Crippen LogP contribution is -2.59. The number of hydrogen-bond acceptors (Lipinski definition) is 6. The maximum absolute atomic E-state index is 13.0. The standard InChI is InChI=1S/C19H22O6/c1-17-9-12(20)13-18(2,15(21)23-3)14(17)19(25-13,16(22)24-4)11-8-6-5-7-10(11)17/h5-8,12-14,20H,9H2,1-4H3/t12-,13?,14-,17+,18-,19+/m1/s1. The molecule has 6 atom stereocenters. The van der Waals surface area contributed by atoms with Crippen molar-refractivity contribution in [3.8, 4) is 0 Å². The van der Waals surface area contributed by atoms with Gasteiger partial charge in [-0.05, 0) is 24.5 Å². The van der Waals surface area contributed by atoms with Gasteiger partial charge in [0.2, 0.25) is 0 Å². The van der Waals surface area contributed by atoms with Gasteiger partial charge in [0.05, 0.1) is 20.3 Å². The van der Waals surface area contributed by atoms with E-state index in [1.54, 1.807) is 6.92 Å². The van der Waals surface area contributed by atoms with Gasteiger partial charge in [0, 0.05) is 11.3 Å². The number of aliphatic hydroxyl groups excluding tert-OH is 1. The van der Waals surface area contributed by atoms with Gasteiger partial charge in [0.25, 0.3) is 0 Å². The maximum Gasteiger partial charge on any atom is 0.343 e. The Morgan fingerprint density at radius 2 is 1.72 bits per heavy atom. The lowest BCUT2D eigenvalue weighted by atomic mass is 9.53. The van der Waals surface area contributed by atoms with E-state index in [1.807, 2.05) is 31.2 Å². The van der Waals surface area contributed by atoms with Crippen LogP contribution >= 0.6 is 0 Å². The molecular formula is C19H22O6. The highest BCUT2D eigenvalue weighted by Gasteiger charge is 2.81. The van der Waals surface area contributed by atoms with Crippen LogP contribution in [0, 0.1) is 11.3 Å². The summed E-state index contributed by atoms with van der Waals surface area (Å²) in [5.74, 6) is -1.54. The summed E-state index contributed by atoms with van der Waals surface area (Å²) in [7, 11) is 2.63. The molecule has 1 unspecified atom stereocenters. The van der Waals surface area contributed by atoms with Crippen LogP contribution in [0.5, 0.6) is 0 Å². The fourth-order valence-electron chi connectivity index (χ4n) is 5.90. The lowest BCUT2D eigenvalue weighted by molar-refractivity contribution is -0.177. The highest BCUT2D eigenvalue weighted by molar-refractivity contribution is 5.90. The highest BCUT2D eigenvalue weighted by atomic mass is 16.6. The van der Waals surface area contributed by atoms with Gasteiger partial charge in [-0.3, -0.25) is 4.79 Å². The maximum atomic E-state index is 13.0. The zero-order valence-electron chi connectivity index (χ0n) is 14.7. The Morgan fingerprint density at radius 3 is 2.32 bits per heavy atom. The monoisotopic (exact) mass is 346 g/mol. The SMILES string of the molecule is COC(=O)[C@]12OC3[C@H](O)C[C@@](C)(c4ccccc41)[C@@H]2[C@]3(C)C(=O)OC. The molecule has 1 aromatic rings. The summed E-state index contributed by atoms with van der Waals surface area (Å²) in [6, 6.07) is 7.52. The second-order valence-corrected chi connectivity index (χ2v) is 7.71. The van der Waals surface area contributed by atoms with Crippen LogP contribution in [0.2, 0.25) is 0 Å². The van der Waals surface area contributed by atoms with E-state index in [1.165, 1.54) is 14.2 Å². The molecule has 1 aromatic carbocycles. The number of aliphatic hydroxyl groups is 1. The third kappa shape index (κ3) is 1.58. The number of carbonyl (C=O) groups is 2. The van der Waals surface area contributed by atoms with E-state index in [2.05, 4.69) is 0 Å². The first-order valence-corrected chi connectivity index (χ1v) is 8.41. The third-order valence-electron chi connectivity index (χ3n) is 6.59. The van der Waals surface area contributed by atoms with E-state index in [0.717, 1.165) is 11.1 Å². The predicted octanol–water partition coefficient (Wildman–Crippen LogP) is 1.29. The van der Waals surface area contributed by atoms with Gasteiger partial charge in [0.15, 0.2) is 5.60 Å². The van der Waals surface area contributed by atoms with E-state index in [0.29, 0.717) is 6.42 Å². The van der Waals surface area contributed by atoms with Gasteiger partial charge in [-0.1, -0.05) is 31.2 Å². The number of esters is 2. The molecule has 2 bridgehead atoms. The topological polar surface area (TPSA) is 82.1 Å². The van der Waals surface area contributed by atoms with Crippen LogP contribution in [0.3, 0.4) is 0 Å². The van der Waals surface area contributed by atoms with Crippen molar-refractivity contribution in [1.82, 2.24) is 0 Å². The average molecular weight is 346 g/mol. The van der Waals surface area contributed by atoms with Crippen molar-refractivity contribution in [3.63, 3.8) is 0 Å². The summed E-state index contributed by atoms with van der Waals surface area (Å²) in [4.78, 5) is 25.8. The van der Waals surface area contributed by atoms with Gasteiger partial charge >= 0.3 is 11.9 Å². The summed E-state index contributed by atoms with van der Waals surface area (Å²) in [5, 5.41) is 10.8. The van der Waals surface area contributed by atoms with E-state index in [9.17, 15) is 14.7 Å². The predicted molar refractivity (Wildman–Crippen MR) is 86.6 cm³/mol. The normalized spacial score (nSPS) is 43.5. The minimum Gasteiger partial charge on any atom is -0.469 e. The first-order chi connectivity index (χ1) is 11.8. The molecule has 1 saturated heterocycles. The summed E-state index contributed by atoms with van der Waals surface area (Å²) < 4.78 is 16.4. The van der Waals surface area contributed by atoms with Crippen LogP contribution in [-0.2, 0) is 34.8 Å². The van der Waals surface area contributed by atoms with Crippen molar-refractivity contribution in [2.24, 2.45) is 11.3 Å². The van der Waals surface area contributed by atoms with Gasteiger partial charge < -0.3 is 19.3 Å². The molecule has 2 aliphatic carbocycles. The Balaban J connectivity index is 2.08. The first kappa shape index (κ1) is 16.5. The zero-order chi connectivity index (χ0) is 18.2. The van der Waals surface area contributed by atoms with E-state index in [-0.39, 0.29) is 0 Å². The molecule has 0 aromatic heterocycles. The molecule has 134 valence electrons. The minimum atomic E-state index is -1.41. The van der Waals surface area contributed by atoms with Crippen molar-refractivity contribution >= 4 is 11.9 Å². The molecule has 6 heteroatoms. The molecule has 1 heterocycles. The Hall–Kier alpha value is -1.92. The van der Waals surface area contributed by atoms with Crippen LogP contribution in [0.4, 0.5) is 0 Å². The Bertz CT molecular complexity index is 775. The molecule has 3 aliphatic rings. The molecule has 25 heavy (non-hydrogen) atoms. The second-order valence-electron chi connectivity index (χ2n) is 7.71. The zero-order valence-corrected chi connectivity index (χ0v) is 14.7. The minimum absolute atomic E-state index is 0.407. The van der Waals surface area contributed by atoms with Crippen molar-refractivity contribution in [3.05, 3.63) is 35.4 Å². The van der Waals surface area contributed by atoms with Crippen LogP contribution in [0.25, 0.3) is 0 Å². The van der Waals surface area contributed by atoms with Gasteiger partial charge in [-0.25, -0.2) is 4.79 Å². The lowest BCUT2D eigenvalue weighted by Gasteiger charge is -2.48. The van der Waals surface area contributed by atoms with E-state index < -0.39 is 46.5 Å². The Morgan fingerprint density at radius 1 is 1.12 bits per heavy atom. The van der Waals surface area contributed by atoms with E-state index in [4.69, 9.17) is 14.2 Å². The highest BCUT2D eigenvalue weighted by Crippen LogP contribution is 2.71. The number of ether oxygens (including phenoxy) is 3. The largest absolute Gasteiger partial charge is 0.469 e. The Labute approximate surface area is 146 Å². The fraction of sp³-hybridized carbons (Fsp3) is 0.579. The van der Waals surface area contributed by atoms with Crippen molar-refractivity contribution < 1.29 is 28.9 Å². The van der Waals surface area contributed by atoms with Crippen molar-refractivity contribution in [1.29, 1.82) is 0 Å². The Kier molecular flexibility index (Phi) is 3.19. The fourth-order valence-corrected chi connectivity index (χ4v) is 5.90. The number of methoxy groups -OCH3 is 2. The second kappa shape index (κ2) is 4.83. The summed E-state index contributed by atoms with van der Waals surface area (Å²) >= 11 is 0. The quantitative estimate of drug-likeness (QED) is 0.813. The molecular weight excluding hydrogens is 324 g/mol. The van der Waals surface area contributed by atoms with Crippen molar-refractivity contribution in [2.45, 2.75) is 43.5 Å². The third-order valence-corrected chi connectivity index (χ3v) is 6.59. The average Bonchev–Trinajstić information content (AvgIpc) is 2.98. The molecule has 0 radical (unpaired) electrons. The van der Waals surface area contributed by atoms with E-state index >= 15 is 0 Å². The first-order valence-electron chi connectivity index (χ1n) is 8.41. The van der Waals surface area contributed by atoms with Gasteiger partial charge in [-0.15, -0.1) is 0 Å².